The van der Waals surface area contributed by atoms with Crippen molar-refractivity contribution >= 4 is 12.0 Å². The number of carbonyl (C=O) groups excluding carboxylic acids is 2. The summed E-state index contributed by atoms with van der Waals surface area (Å²) in [7, 11) is 1.29. The van der Waals surface area contributed by atoms with Crippen molar-refractivity contribution < 1.29 is 19.4 Å². The maximum atomic E-state index is 12.7. The second-order valence-corrected chi connectivity index (χ2v) is 6.20. The number of likely N-dealkylation sites (tertiary alicyclic amines) is 1. The average molecular weight is 284 g/mol. The van der Waals surface area contributed by atoms with Gasteiger partial charge in [0.1, 0.15) is 6.04 Å². The third-order valence-electron chi connectivity index (χ3n) is 4.65. The Kier molecular flexibility index (Phi) is 4.22. The third-order valence-corrected chi connectivity index (χ3v) is 4.65. The molecule has 2 N–H and O–H groups in total. The predicted octanol–water partition coefficient (Wildman–Crippen LogP) is 0.737. The van der Waals surface area contributed by atoms with E-state index < -0.39 is 12.1 Å². The van der Waals surface area contributed by atoms with E-state index in [0.717, 1.165) is 6.42 Å². The molecule has 114 valence electrons. The first-order chi connectivity index (χ1) is 9.36. The van der Waals surface area contributed by atoms with Gasteiger partial charge < -0.3 is 20.1 Å². The second kappa shape index (κ2) is 5.60. The lowest BCUT2D eigenvalue weighted by atomic mass is 9.95. The number of hydrogen-bond acceptors (Lipinski definition) is 4. The molecule has 2 rings (SSSR count). The molecule has 6 nitrogen and oxygen atoms in total. The lowest BCUT2D eigenvalue weighted by molar-refractivity contribution is -0.140. The average Bonchev–Trinajstić information content (AvgIpc) is 2.90. The number of nitrogens with one attached hydrogen (secondary N) is 1. The molecule has 2 amide bonds. The van der Waals surface area contributed by atoms with Crippen LogP contribution in [0.5, 0.6) is 0 Å². The van der Waals surface area contributed by atoms with Gasteiger partial charge in [-0.25, -0.2) is 4.79 Å². The summed E-state index contributed by atoms with van der Waals surface area (Å²) in [5.41, 5.74) is 0. The van der Waals surface area contributed by atoms with E-state index >= 15 is 0 Å². The van der Waals surface area contributed by atoms with Gasteiger partial charge in [0, 0.05) is 18.0 Å². The molecule has 1 saturated heterocycles. The Hall–Kier alpha value is -1.30. The number of amides is 2. The maximum Gasteiger partial charge on any atom is 0.407 e. The summed E-state index contributed by atoms with van der Waals surface area (Å²) in [6.45, 7) is 5.76. The number of fused-ring (bicyclic) bond motifs is 2. The minimum Gasteiger partial charge on any atom is -0.453 e. The van der Waals surface area contributed by atoms with E-state index in [-0.39, 0.29) is 35.9 Å². The van der Waals surface area contributed by atoms with Gasteiger partial charge in [0.05, 0.1) is 13.2 Å². The van der Waals surface area contributed by atoms with Crippen molar-refractivity contribution in [1.82, 2.24) is 10.2 Å². The van der Waals surface area contributed by atoms with Gasteiger partial charge in [0.25, 0.3) is 0 Å². The number of methoxy groups -OCH3 is 1. The van der Waals surface area contributed by atoms with Crippen LogP contribution in [0.25, 0.3) is 0 Å². The summed E-state index contributed by atoms with van der Waals surface area (Å²) in [6.07, 6.45) is 0.611. The molecule has 1 aliphatic carbocycles. The van der Waals surface area contributed by atoms with E-state index in [4.69, 9.17) is 0 Å². The van der Waals surface area contributed by atoms with Crippen LogP contribution in [0, 0.1) is 11.8 Å². The molecule has 0 radical (unpaired) electrons. The van der Waals surface area contributed by atoms with Crippen molar-refractivity contribution in [3.8, 4) is 0 Å². The number of hydrogen-bond donors (Lipinski definition) is 2. The first-order valence-corrected chi connectivity index (χ1v) is 7.21. The van der Waals surface area contributed by atoms with Crippen LogP contribution in [-0.4, -0.2) is 53.3 Å². The van der Waals surface area contributed by atoms with Gasteiger partial charge in [-0.2, -0.15) is 0 Å². The lowest BCUT2D eigenvalue weighted by Crippen LogP contribution is -2.56. The minimum absolute atomic E-state index is 0.0159. The summed E-state index contributed by atoms with van der Waals surface area (Å²) >= 11 is 0. The number of nitrogens with zero attached hydrogens (tertiary/aromatic N) is 1. The van der Waals surface area contributed by atoms with E-state index in [0.29, 0.717) is 6.42 Å². The SMILES string of the molecule is COC(=O)N[C@H](C(=O)N1[C@H]2C[C@@H]([C@H]1C)[C@@H](O)C2)C(C)C. The van der Waals surface area contributed by atoms with E-state index in [1.54, 1.807) is 0 Å². The van der Waals surface area contributed by atoms with Crippen LogP contribution in [0.2, 0.25) is 0 Å². The van der Waals surface area contributed by atoms with Gasteiger partial charge in [-0.05, 0) is 25.7 Å². The first-order valence-electron chi connectivity index (χ1n) is 7.21. The molecule has 6 heteroatoms. The van der Waals surface area contributed by atoms with Crippen molar-refractivity contribution in [2.24, 2.45) is 11.8 Å². The number of aliphatic hydroxyl groups excluding tert-OH is 1. The van der Waals surface area contributed by atoms with Gasteiger partial charge in [-0.3, -0.25) is 4.79 Å². The molecule has 1 saturated carbocycles. The van der Waals surface area contributed by atoms with Crippen molar-refractivity contribution in [2.75, 3.05) is 7.11 Å². The highest BCUT2D eigenvalue weighted by atomic mass is 16.5. The van der Waals surface area contributed by atoms with Gasteiger partial charge in [0.15, 0.2) is 0 Å². The van der Waals surface area contributed by atoms with Crippen LogP contribution in [0.3, 0.4) is 0 Å². The molecule has 0 aromatic rings. The molecule has 2 fully saturated rings. The van der Waals surface area contributed by atoms with Gasteiger partial charge in [0.2, 0.25) is 5.91 Å². The topological polar surface area (TPSA) is 78.9 Å². The molecule has 1 aliphatic heterocycles. The molecule has 0 aromatic carbocycles. The highest BCUT2D eigenvalue weighted by molar-refractivity contribution is 5.86. The summed E-state index contributed by atoms with van der Waals surface area (Å²) in [5, 5.41) is 12.5. The Morgan fingerprint density at radius 1 is 1.35 bits per heavy atom. The molecule has 5 atom stereocenters. The fourth-order valence-corrected chi connectivity index (χ4v) is 3.55. The Morgan fingerprint density at radius 2 is 2.00 bits per heavy atom. The van der Waals surface area contributed by atoms with Crippen molar-refractivity contribution in [2.45, 2.75) is 57.8 Å². The normalized spacial score (nSPS) is 33.4. The standard InChI is InChI=1S/C14H24N2O4/c1-7(2)12(15-14(19)20-4)13(18)16-8(3)10-5-9(16)6-11(10)17/h7-12,17H,5-6H2,1-4H3,(H,15,19)/t8-,9+,10+,11+,12+/m1/s1. The van der Waals surface area contributed by atoms with Crippen LogP contribution in [-0.2, 0) is 9.53 Å². The smallest absolute Gasteiger partial charge is 0.407 e. The fraction of sp³-hybridized carbons (Fsp3) is 0.857. The summed E-state index contributed by atoms with van der Waals surface area (Å²) in [4.78, 5) is 26.0. The number of aliphatic hydroxyl groups is 1. The van der Waals surface area contributed by atoms with E-state index in [1.807, 2.05) is 25.7 Å². The van der Waals surface area contributed by atoms with Crippen LogP contribution < -0.4 is 5.32 Å². The molecule has 0 aromatic heterocycles. The molecule has 2 bridgehead atoms. The summed E-state index contributed by atoms with van der Waals surface area (Å²) in [5.74, 6) is 0.0741. The van der Waals surface area contributed by atoms with Crippen molar-refractivity contribution in [3.05, 3.63) is 0 Å². The molecular weight excluding hydrogens is 260 g/mol. The Bertz CT molecular complexity index is 397. The minimum atomic E-state index is -0.589. The van der Waals surface area contributed by atoms with Crippen molar-refractivity contribution in [3.63, 3.8) is 0 Å². The zero-order valence-corrected chi connectivity index (χ0v) is 12.5. The maximum absolute atomic E-state index is 12.7. The van der Waals surface area contributed by atoms with Gasteiger partial charge in [-0.15, -0.1) is 0 Å². The Morgan fingerprint density at radius 3 is 2.45 bits per heavy atom. The number of alkyl carbamates (subject to hydrolysis) is 1. The fourth-order valence-electron chi connectivity index (χ4n) is 3.55. The molecule has 1 heterocycles. The van der Waals surface area contributed by atoms with Crippen LogP contribution in [0.1, 0.15) is 33.6 Å². The molecular formula is C14H24N2O4. The summed E-state index contributed by atoms with van der Waals surface area (Å²) < 4.78 is 4.59. The Labute approximate surface area is 119 Å². The van der Waals surface area contributed by atoms with Crippen LogP contribution in [0.15, 0.2) is 0 Å². The lowest BCUT2D eigenvalue weighted by Gasteiger charge is -2.38. The van der Waals surface area contributed by atoms with Crippen LogP contribution >= 0.6 is 0 Å². The van der Waals surface area contributed by atoms with E-state index in [2.05, 4.69) is 10.1 Å². The monoisotopic (exact) mass is 284 g/mol. The zero-order chi connectivity index (χ0) is 15.0. The number of carbonyl (C=O) groups is 2. The van der Waals surface area contributed by atoms with E-state index in [9.17, 15) is 14.7 Å². The highest BCUT2D eigenvalue weighted by Crippen LogP contribution is 2.42. The highest BCUT2D eigenvalue weighted by Gasteiger charge is 2.51. The number of piperidine rings is 1. The Balaban J connectivity index is 2.11. The largest absolute Gasteiger partial charge is 0.453 e. The van der Waals surface area contributed by atoms with E-state index in [1.165, 1.54) is 7.11 Å². The van der Waals surface area contributed by atoms with Gasteiger partial charge >= 0.3 is 6.09 Å². The predicted molar refractivity (Wildman–Crippen MR) is 73.0 cm³/mol. The van der Waals surface area contributed by atoms with Gasteiger partial charge in [-0.1, -0.05) is 13.8 Å². The molecule has 0 unspecified atom stereocenters. The number of rotatable bonds is 3. The molecule has 0 spiro atoms. The second-order valence-electron chi connectivity index (χ2n) is 6.20. The quantitative estimate of drug-likeness (QED) is 0.801. The zero-order valence-electron chi connectivity index (χ0n) is 12.5. The van der Waals surface area contributed by atoms with Crippen LogP contribution in [0.4, 0.5) is 4.79 Å². The third kappa shape index (κ3) is 2.49. The first kappa shape index (κ1) is 15.1. The van der Waals surface area contributed by atoms with Crippen molar-refractivity contribution in [1.29, 1.82) is 0 Å². The number of ether oxygens (including phenoxy) is 1. The molecule has 2 aliphatic rings. The summed E-state index contributed by atoms with van der Waals surface area (Å²) in [6, 6.07) is -0.462. The molecule has 20 heavy (non-hydrogen) atoms.